The van der Waals surface area contributed by atoms with Crippen LogP contribution in [0.2, 0.25) is 0 Å². The molecule has 0 saturated heterocycles. The van der Waals surface area contributed by atoms with Gasteiger partial charge in [0, 0.05) is 23.1 Å². The largest absolute Gasteiger partial charge is 0.493 e. The van der Waals surface area contributed by atoms with Crippen molar-refractivity contribution < 1.29 is 38.8 Å². The molecule has 4 aromatic rings. The third-order valence-electron chi connectivity index (χ3n) is 7.72. The topological polar surface area (TPSA) is 143 Å². The summed E-state index contributed by atoms with van der Waals surface area (Å²) in [5.74, 6) is -0.0609. The minimum absolute atomic E-state index is 0.0734. The van der Waals surface area contributed by atoms with Crippen molar-refractivity contribution >= 4 is 18.0 Å². The summed E-state index contributed by atoms with van der Waals surface area (Å²) >= 11 is 0. The number of carboxylic acid groups (broad SMARTS) is 1. The molecule has 5 rings (SSSR count). The highest BCUT2D eigenvalue weighted by molar-refractivity contribution is 5.96. The van der Waals surface area contributed by atoms with Crippen molar-refractivity contribution in [2.75, 3.05) is 13.2 Å². The van der Waals surface area contributed by atoms with Crippen molar-refractivity contribution in [2.24, 2.45) is 0 Å². The smallest absolute Gasteiger partial charge is 0.408 e. The van der Waals surface area contributed by atoms with Gasteiger partial charge < -0.3 is 35.1 Å². The molecule has 10 nitrogen and oxygen atoms in total. The van der Waals surface area contributed by atoms with Crippen LogP contribution in [0.1, 0.15) is 71.9 Å². The Morgan fingerprint density at radius 3 is 2.48 bits per heavy atom. The van der Waals surface area contributed by atoms with Crippen molar-refractivity contribution in [1.29, 1.82) is 0 Å². The first-order chi connectivity index (χ1) is 23.0. The van der Waals surface area contributed by atoms with Crippen LogP contribution in [0.4, 0.5) is 4.79 Å². The molecule has 0 aliphatic carbocycles. The Hall–Kier alpha value is -5.35. The molecule has 4 aromatic carbocycles. The monoisotopic (exact) mass is 652 g/mol. The number of carbonyl (C=O) groups is 3. The maximum Gasteiger partial charge on any atom is 0.408 e. The molecular formula is C38H40N2O8. The van der Waals surface area contributed by atoms with Crippen LogP contribution in [-0.4, -0.2) is 47.0 Å². The average Bonchev–Trinajstić information content (AvgIpc) is 3.06. The van der Waals surface area contributed by atoms with Gasteiger partial charge in [-0.15, -0.1) is 0 Å². The first-order valence-corrected chi connectivity index (χ1v) is 15.8. The van der Waals surface area contributed by atoms with Crippen LogP contribution >= 0.6 is 0 Å². The lowest BCUT2D eigenvalue weighted by Gasteiger charge is -2.26. The van der Waals surface area contributed by atoms with Crippen LogP contribution in [0, 0.1) is 0 Å². The van der Waals surface area contributed by atoms with Gasteiger partial charge in [0.25, 0.3) is 5.91 Å². The minimum atomic E-state index is -0.969. The Morgan fingerprint density at radius 1 is 0.938 bits per heavy atom. The van der Waals surface area contributed by atoms with Crippen molar-refractivity contribution in [3.63, 3.8) is 0 Å². The number of carbonyl (C=O) groups excluding carboxylic acids is 2. The van der Waals surface area contributed by atoms with E-state index in [1.165, 1.54) is 0 Å². The molecule has 250 valence electrons. The Labute approximate surface area is 279 Å². The number of benzene rings is 4. The number of rotatable bonds is 11. The lowest BCUT2D eigenvalue weighted by molar-refractivity contribution is -0.136. The van der Waals surface area contributed by atoms with Crippen molar-refractivity contribution in [1.82, 2.24) is 10.6 Å². The number of fused-ring (bicyclic) bond motifs is 1. The lowest BCUT2D eigenvalue weighted by atomic mass is 9.95. The third-order valence-corrected chi connectivity index (χ3v) is 7.72. The van der Waals surface area contributed by atoms with Crippen molar-refractivity contribution in [3.05, 3.63) is 119 Å². The standard InChI is InChI=1S/C38H40N2O8/c1-38(2,3)48-37(45)40-32(22-41)26-11-8-10-25(19-26)28-17-24(23-47-33-13-6-4-9-27(33)21-35(42)43)18-29(20-28)36(44)39-31-15-16-46-34-14-7-5-12-30(31)34/h4-14,17-20,31-32,41H,15-16,21-23H2,1-3H3,(H,39,44)(H,40,45)(H,42,43)/t31-,32+/m0/s1. The summed E-state index contributed by atoms with van der Waals surface area (Å²) in [4.78, 5) is 37.7. The zero-order valence-corrected chi connectivity index (χ0v) is 27.2. The van der Waals surface area contributed by atoms with Gasteiger partial charge in [-0.3, -0.25) is 9.59 Å². The van der Waals surface area contributed by atoms with Gasteiger partial charge in [-0.1, -0.05) is 54.6 Å². The van der Waals surface area contributed by atoms with E-state index in [4.69, 9.17) is 14.2 Å². The van der Waals surface area contributed by atoms with Gasteiger partial charge >= 0.3 is 12.1 Å². The van der Waals surface area contributed by atoms with E-state index in [1.54, 1.807) is 63.2 Å². The number of alkyl carbamates (subject to hydrolysis) is 1. The molecule has 2 amide bonds. The van der Waals surface area contributed by atoms with Gasteiger partial charge in [0.1, 0.15) is 23.7 Å². The van der Waals surface area contributed by atoms with Gasteiger partial charge in [-0.2, -0.15) is 0 Å². The molecule has 48 heavy (non-hydrogen) atoms. The Morgan fingerprint density at radius 2 is 1.71 bits per heavy atom. The second kappa shape index (κ2) is 15.0. The van der Waals surface area contributed by atoms with E-state index in [9.17, 15) is 24.6 Å². The molecule has 0 unspecified atom stereocenters. The normalized spacial score (nSPS) is 14.5. The Kier molecular flexibility index (Phi) is 10.7. The molecule has 0 fully saturated rings. The Balaban J connectivity index is 1.46. The fourth-order valence-electron chi connectivity index (χ4n) is 5.54. The summed E-state index contributed by atoms with van der Waals surface area (Å²) in [5.41, 5.74) is 3.95. The lowest BCUT2D eigenvalue weighted by Crippen LogP contribution is -2.36. The summed E-state index contributed by atoms with van der Waals surface area (Å²) in [6, 6.07) is 26.4. The fraction of sp³-hybridized carbons (Fsp3) is 0.289. The van der Waals surface area contributed by atoms with E-state index in [0.29, 0.717) is 46.6 Å². The molecule has 0 bridgehead atoms. The zero-order chi connectivity index (χ0) is 34.3. The quantitative estimate of drug-likeness (QED) is 0.146. The average molecular weight is 653 g/mol. The van der Waals surface area contributed by atoms with E-state index in [0.717, 1.165) is 16.9 Å². The number of nitrogens with one attached hydrogen (secondary N) is 2. The van der Waals surface area contributed by atoms with Crippen LogP contribution in [0.15, 0.2) is 91.0 Å². The second-order valence-electron chi connectivity index (χ2n) is 12.6. The minimum Gasteiger partial charge on any atom is -0.493 e. The fourth-order valence-corrected chi connectivity index (χ4v) is 5.54. The number of aliphatic hydroxyl groups excluding tert-OH is 1. The number of para-hydroxylation sites is 2. The predicted molar refractivity (Wildman–Crippen MR) is 180 cm³/mol. The number of hydrogen-bond acceptors (Lipinski definition) is 7. The number of amides is 2. The highest BCUT2D eigenvalue weighted by Crippen LogP contribution is 2.33. The first kappa shape index (κ1) is 34.0. The van der Waals surface area contributed by atoms with E-state index in [2.05, 4.69) is 10.6 Å². The molecule has 0 radical (unpaired) electrons. The van der Waals surface area contributed by atoms with Crippen molar-refractivity contribution in [2.45, 2.75) is 57.9 Å². The number of ether oxygens (including phenoxy) is 3. The van der Waals surface area contributed by atoms with Gasteiger partial charge in [-0.25, -0.2) is 4.79 Å². The zero-order valence-electron chi connectivity index (χ0n) is 27.2. The maximum absolute atomic E-state index is 13.8. The molecule has 2 atom stereocenters. The van der Waals surface area contributed by atoms with Crippen LogP contribution in [0.3, 0.4) is 0 Å². The molecule has 1 aliphatic heterocycles. The molecule has 1 aliphatic rings. The summed E-state index contributed by atoms with van der Waals surface area (Å²) < 4.78 is 17.3. The van der Waals surface area contributed by atoms with E-state index in [-0.39, 0.29) is 31.6 Å². The van der Waals surface area contributed by atoms with Gasteiger partial charge in [0.15, 0.2) is 0 Å². The highest BCUT2D eigenvalue weighted by Gasteiger charge is 2.24. The van der Waals surface area contributed by atoms with Crippen LogP contribution in [0.25, 0.3) is 11.1 Å². The predicted octanol–water partition coefficient (Wildman–Crippen LogP) is 6.37. The number of aliphatic hydroxyl groups is 1. The summed E-state index contributed by atoms with van der Waals surface area (Å²) in [7, 11) is 0. The van der Waals surface area contributed by atoms with E-state index >= 15 is 0 Å². The Bertz CT molecular complexity index is 1780. The molecule has 4 N–H and O–H groups in total. The van der Waals surface area contributed by atoms with Crippen molar-refractivity contribution in [3.8, 4) is 22.6 Å². The summed E-state index contributed by atoms with van der Waals surface area (Å²) in [6.07, 6.45) is -0.219. The third kappa shape index (κ3) is 8.92. The molecule has 10 heteroatoms. The molecule has 1 heterocycles. The van der Waals surface area contributed by atoms with Gasteiger partial charge in [0.05, 0.1) is 31.7 Å². The van der Waals surface area contributed by atoms with Crippen LogP contribution < -0.4 is 20.1 Å². The number of hydrogen-bond donors (Lipinski definition) is 4. The summed E-state index contributed by atoms with van der Waals surface area (Å²) in [6.45, 7) is 5.48. The number of carboxylic acids is 1. The van der Waals surface area contributed by atoms with Gasteiger partial charge in [0.2, 0.25) is 0 Å². The first-order valence-electron chi connectivity index (χ1n) is 15.8. The SMILES string of the molecule is CC(C)(C)OC(=O)N[C@H](CO)c1cccc(-c2cc(COc3ccccc3CC(=O)O)cc(C(=O)N[C@H]3CCOc4ccccc43)c2)c1. The summed E-state index contributed by atoms with van der Waals surface area (Å²) in [5, 5.41) is 25.4. The van der Waals surface area contributed by atoms with E-state index in [1.807, 2.05) is 48.5 Å². The molecule has 0 aromatic heterocycles. The second-order valence-corrected chi connectivity index (χ2v) is 12.6. The highest BCUT2D eigenvalue weighted by atomic mass is 16.6. The van der Waals surface area contributed by atoms with E-state index < -0.39 is 23.7 Å². The van der Waals surface area contributed by atoms with Crippen LogP contribution in [0.5, 0.6) is 11.5 Å². The number of aliphatic carboxylic acids is 1. The maximum atomic E-state index is 13.8. The van der Waals surface area contributed by atoms with Gasteiger partial charge in [-0.05, 0) is 79.4 Å². The van der Waals surface area contributed by atoms with Crippen LogP contribution in [-0.2, 0) is 22.6 Å². The molecular weight excluding hydrogens is 612 g/mol. The molecule has 0 spiro atoms. The molecule has 0 saturated carbocycles.